The molecular weight excluding hydrogens is 396 g/mol. The lowest BCUT2D eigenvalue weighted by Gasteiger charge is -2.39. The van der Waals surface area contributed by atoms with Crippen LogP contribution in [0.3, 0.4) is 0 Å². The van der Waals surface area contributed by atoms with E-state index < -0.39 is 37.1 Å². The van der Waals surface area contributed by atoms with E-state index in [1.165, 1.54) is 57.8 Å². The van der Waals surface area contributed by atoms with Gasteiger partial charge in [-0.2, -0.15) is 0 Å². The van der Waals surface area contributed by atoms with E-state index in [-0.39, 0.29) is 12.2 Å². The molecular formula is C25H46O6. The van der Waals surface area contributed by atoms with Gasteiger partial charge in [0, 0.05) is 12.8 Å². The Bertz CT molecular complexity index is 479. The number of hydrogen-bond donors (Lipinski definition) is 4. The Morgan fingerprint density at radius 3 is 1.84 bits per heavy atom. The van der Waals surface area contributed by atoms with Crippen molar-refractivity contribution >= 4 is 5.78 Å². The second-order valence-electron chi connectivity index (χ2n) is 8.94. The smallest absolute Gasteiger partial charge is 0.135 e. The fourth-order valence-corrected chi connectivity index (χ4v) is 4.07. The molecule has 2 unspecified atom stereocenters. The number of Topliss-reactive ketones (excluding diaryl/α,β-unsaturated/α-hetero) is 1. The predicted octanol–water partition coefficient (Wildman–Crippen LogP) is 3.83. The first kappa shape index (κ1) is 28.2. The summed E-state index contributed by atoms with van der Waals surface area (Å²) in [5, 5.41) is 38.8. The summed E-state index contributed by atoms with van der Waals surface area (Å²) in [6, 6.07) is 0. The fraction of sp³-hybridized carbons (Fsp3) is 0.880. The van der Waals surface area contributed by atoms with Gasteiger partial charge in [0.25, 0.3) is 0 Å². The number of hydrogen-bond acceptors (Lipinski definition) is 6. The van der Waals surface area contributed by atoms with E-state index >= 15 is 0 Å². The number of rotatable bonds is 18. The molecule has 6 heteroatoms. The molecule has 1 aliphatic rings. The highest BCUT2D eigenvalue weighted by Gasteiger charge is 2.43. The normalized spacial score (nSPS) is 26.5. The molecule has 0 aliphatic carbocycles. The van der Waals surface area contributed by atoms with E-state index in [0.717, 1.165) is 25.7 Å². The van der Waals surface area contributed by atoms with E-state index in [0.29, 0.717) is 6.42 Å². The Morgan fingerprint density at radius 1 is 0.742 bits per heavy atom. The van der Waals surface area contributed by atoms with Crippen molar-refractivity contribution in [2.24, 2.45) is 0 Å². The van der Waals surface area contributed by atoms with Gasteiger partial charge in [0.05, 0.1) is 12.7 Å². The number of ether oxygens (including phenoxy) is 1. The van der Waals surface area contributed by atoms with Crippen LogP contribution in [0.4, 0.5) is 0 Å². The molecule has 0 radical (unpaired) electrons. The van der Waals surface area contributed by atoms with E-state index in [2.05, 4.69) is 19.1 Å². The molecule has 0 amide bonds. The molecule has 0 aromatic carbocycles. The Kier molecular flexibility index (Phi) is 16.2. The van der Waals surface area contributed by atoms with Gasteiger partial charge >= 0.3 is 0 Å². The molecule has 1 fully saturated rings. The van der Waals surface area contributed by atoms with Crippen LogP contribution in [-0.4, -0.2) is 63.3 Å². The predicted molar refractivity (Wildman–Crippen MR) is 123 cm³/mol. The number of aliphatic hydroxyl groups excluding tert-OH is 4. The summed E-state index contributed by atoms with van der Waals surface area (Å²) in [7, 11) is 0. The van der Waals surface area contributed by atoms with Gasteiger partial charge in [0.2, 0.25) is 0 Å². The zero-order valence-corrected chi connectivity index (χ0v) is 19.5. The zero-order valence-electron chi connectivity index (χ0n) is 19.5. The third kappa shape index (κ3) is 12.1. The number of ketones is 1. The van der Waals surface area contributed by atoms with Crippen LogP contribution < -0.4 is 0 Å². The van der Waals surface area contributed by atoms with Crippen molar-refractivity contribution in [3.8, 4) is 0 Å². The van der Waals surface area contributed by atoms with Gasteiger partial charge < -0.3 is 25.2 Å². The van der Waals surface area contributed by atoms with Crippen LogP contribution in [0.1, 0.15) is 103 Å². The number of unbranched alkanes of at least 4 members (excludes halogenated alkanes) is 11. The second-order valence-corrected chi connectivity index (χ2v) is 8.94. The minimum absolute atomic E-state index is 0.00908. The SMILES string of the molecule is CCCCCCCC/C=C\CCCCCCCC(=O)C[C@@H]1OC(CO)[C@@H](O)[C@H](O)C1O. The van der Waals surface area contributed by atoms with Gasteiger partial charge in [-0.05, 0) is 32.1 Å². The number of carbonyl (C=O) groups excluding carboxylic acids is 1. The van der Waals surface area contributed by atoms with E-state index in [4.69, 9.17) is 4.74 Å². The van der Waals surface area contributed by atoms with Crippen molar-refractivity contribution in [2.75, 3.05) is 6.61 Å². The monoisotopic (exact) mass is 442 g/mol. The van der Waals surface area contributed by atoms with Crippen LogP contribution in [0.25, 0.3) is 0 Å². The van der Waals surface area contributed by atoms with Crippen LogP contribution in [0.5, 0.6) is 0 Å². The molecule has 0 spiro atoms. The van der Waals surface area contributed by atoms with Crippen molar-refractivity contribution < 1.29 is 30.0 Å². The van der Waals surface area contributed by atoms with Crippen molar-refractivity contribution in [3.05, 3.63) is 12.2 Å². The van der Waals surface area contributed by atoms with Gasteiger partial charge in [0.15, 0.2) is 0 Å². The Morgan fingerprint density at radius 2 is 1.26 bits per heavy atom. The summed E-state index contributed by atoms with van der Waals surface area (Å²) in [5.74, 6) is -0.0260. The molecule has 6 nitrogen and oxygen atoms in total. The second kappa shape index (κ2) is 17.7. The number of carbonyl (C=O) groups is 1. The van der Waals surface area contributed by atoms with Gasteiger partial charge in [-0.25, -0.2) is 0 Å². The Labute approximate surface area is 188 Å². The maximum absolute atomic E-state index is 12.2. The zero-order chi connectivity index (χ0) is 22.9. The van der Waals surface area contributed by atoms with Gasteiger partial charge in [-0.1, -0.05) is 70.4 Å². The first-order valence-corrected chi connectivity index (χ1v) is 12.5. The minimum Gasteiger partial charge on any atom is -0.394 e. The summed E-state index contributed by atoms with van der Waals surface area (Å²) in [4.78, 5) is 12.2. The Hall–Kier alpha value is -0.790. The highest BCUT2D eigenvalue weighted by molar-refractivity contribution is 5.78. The maximum atomic E-state index is 12.2. The van der Waals surface area contributed by atoms with Crippen molar-refractivity contribution in [1.29, 1.82) is 0 Å². The van der Waals surface area contributed by atoms with Crippen molar-refractivity contribution in [3.63, 3.8) is 0 Å². The standard InChI is InChI=1S/C25H46O6/c1-2-3-4-5-6-7-8-9-10-11-12-13-14-15-16-17-20(27)18-21-23(28)25(30)24(29)22(19-26)31-21/h9-10,21-26,28-30H,2-8,11-19H2,1H3/b10-9-/t21-,22?,23?,24+,25+/m0/s1. The molecule has 4 N–H and O–H groups in total. The molecule has 31 heavy (non-hydrogen) atoms. The lowest BCUT2D eigenvalue weighted by atomic mass is 9.92. The average molecular weight is 443 g/mol. The third-order valence-electron chi connectivity index (χ3n) is 6.14. The van der Waals surface area contributed by atoms with Gasteiger partial charge in [-0.3, -0.25) is 4.79 Å². The van der Waals surface area contributed by atoms with E-state index in [9.17, 15) is 25.2 Å². The van der Waals surface area contributed by atoms with Crippen molar-refractivity contribution in [1.82, 2.24) is 0 Å². The molecule has 0 bridgehead atoms. The summed E-state index contributed by atoms with van der Waals surface area (Å²) in [6.07, 6.45) is 14.8. The lowest BCUT2D eigenvalue weighted by Crippen LogP contribution is -2.58. The first-order valence-electron chi connectivity index (χ1n) is 12.5. The quantitative estimate of drug-likeness (QED) is 0.190. The molecule has 1 heterocycles. The van der Waals surface area contributed by atoms with Crippen LogP contribution in [0.2, 0.25) is 0 Å². The summed E-state index contributed by atoms with van der Waals surface area (Å²) in [6.45, 7) is 1.78. The lowest BCUT2D eigenvalue weighted by molar-refractivity contribution is -0.229. The van der Waals surface area contributed by atoms with Crippen LogP contribution in [0, 0.1) is 0 Å². The number of allylic oxidation sites excluding steroid dienone is 2. The summed E-state index contributed by atoms with van der Waals surface area (Å²) >= 11 is 0. The highest BCUT2D eigenvalue weighted by atomic mass is 16.5. The third-order valence-corrected chi connectivity index (χ3v) is 6.14. The van der Waals surface area contributed by atoms with Gasteiger partial charge in [-0.15, -0.1) is 0 Å². The minimum atomic E-state index is -1.41. The van der Waals surface area contributed by atoms with Crippen LogP contribution in [0.15, 0.2) is 12.2 Å². The molecule has 0 aromatic rings. The molecule has 1 rings (SSSR count). The molecule has 1 saturated heterocycles. The van der Waals surface area contributed by atoms with Crippen LogP contribution in [-0.2, 0) is 9.53 Å². The van der Waals surface area contributed by atoms with Crippen molar-refractivity contribution in [2.45, 2.75) is 134 Å². The molecule has 1 aliphatic heterocycles. The van der Waals surface area contributed by atoms with Gasteiger partial charge in [0.1, 0.15) is 30.2 Å². The largest absolute Gasteiger partial charge is 0.394 e. The first-order chi connectivity index (χ1) is 15.0. The van der Waals surface area contributed by atoms with E-state index in [1.807, 2.05) is 0 Å². The summed E-state index contributed by atoms with van der Waals surface area (Å²) in [5.41, 5.74) is 0. The fourth-order valence-electron chi connectivity index (χ4n) is 4.07. The maximum Gasteiger partial charge on any atom is 0.135 e. The average Bonchev–Trinajstić information content (AvgIpc) is 2.76. The van der Waals surface area contributed by atoms with Crippen LogP contribution >= 0.6 is 0 Å². The molecule has 0 aromatic heterocycles. The molecule has 0 saturated carbocycles. The highest BCUT2D eigenvalue weighted by Crippen LogP contribution is 2.24. The summed E-state index contributed by atoms with van der Waals surface area (Å²) < 4.78 is 5.39. The molecule has 5 atom stereocenters. The topological polar surface area (TPSA) is 107 Å². The van der Waals surface area contributed by atoms with E-state index in [1.54, 1.807) is 0 Å². The molecule has 182 valence electrons. The number of aliphatic hydroxyl groups is 4. The Balaban J connectivity index is 1.99.